The number of amides is 2. The van der Waals surface area contributed by atoms with Gasteiger partial charge in [-0.2, -0.15) is 0 Å². The van der Waals surface area contributed by atoms with Crippen LogP contribution in [0.25, 0.3) is 0 Å². The van der Waals surface area contributed by atoms with Gasteiger partial charge in [0, 0.05) is 39.4 Å². The van der Waals surface area contributed by atoms with Crippen LogP contribution < -0.4 is 10.2 Å². The van der Waals surface area contributed by atoms with Gasteiger partial charge in [-0.15, -0.1) is 0 Å². The molecular formula is C22H33N3O5. The van der Waals surface area contributed by atoms with E-state index in [0.29, 0.717) is 32.5 Å². The predicted octanol–water partition coefficient (Wildman–Crippen LogP) is 2.56. The van der Waals surface area contributed by atoms with Crippen molar-refractivity contribution in [2.45, 2.75) is 45.8 Å². The standard InChI is InChI=1S/C22H33N3O5/c1-22(2,3)30-21(28)25-12-10-17(11-13-25)20(27)29-15-19(26)23-14-16-6-8-18(9-7-16)24(4)5/h6-9,17H,10-15H2,1-5H3,(H,23,26). The van der Waals surface area contributed by atoms with Crippen LogP contribution in [0, 0.1) is 5.92 Å². The molecule has 0 atom stereocenters. The summed E-state index contributed by atoms with van der Waals surface area (Å²) < 4.78 is 10.5. The molecule has 1 fully saturated rings. The van der Waals surface area contributed by atoms with Crippen LogP contribution in [-0.4, -0.2) is 62.3 Å². The minimum atomic E-state index is -0.547. The Kier molecular flexibility index (Phi) is 8.08. The molecule has 2 amide bonds. The Morgan fingerprint density at radius 1 is 1.10 bits per heavy atom. The monoisotopic (exact) mass is 419 g/mol. The molecule has 2 rings (SSSR count). The summed E-state index contributed by atoms with van der Waals surface area (Å²) in [4.78, 5) is 39.9. The molecule has 1 aliphatic heterocycles. The Bertz CT molecular complexity index is 732. The zero-order chi connectivity index (χ0) is 22.3. The van der Waals surface area contributed by atoms with Gasteiger partial charge in [0.05, 0.1) is 5.92 Å². The highest BCUT2D eigenvalue weighted by Crippen LogP contribution is 2.21. The lowest BCUT2D eigenvalue weighted by atomic mass is 9.97. The van der Waals surface area contributed by atoms with Crippen molar-refractivity contribution >= 4 is 23.7 Å². The second kappa shape index (κ2) is 10.3. The molecule has 0 bridgehead atoms. The number of carbonyl (C=O) groups is 3. The molecule has 0 radical (unpaired) electrons. The van der Waals surface area contributed by atoms with Crippen LogP contribution >= 0.6 is 0 Å². The second-order valence-electron chi connectivity index (χ2n) is 8.69. The maximum absolute atomic E-state index is 12.2. The lowest BCUT2D eigenvalue weighted by molar-refractivity contribution is -0.154. The minimum Gasteiger partial charge on any atom is -0.455 e. The molecule has 1 N–H and O–H groups in total. The van der Waals surface area contributed by atoms with E-state index in [2.05, 4.69) is 5.32 Å². The van der Waals surface area contributed by atoms with E-state index < -0.39 is 11.6 Å². The summed E-state index contributed by atoms with van der Waals surface area (Å²) in [6, 6.07) is 7.84. The zero-order valence-corrected chi connectivity index (χ0v) is 18.6. The molecule has 0 aliphatic carbocycles. The fourth-order valence-electron chi connectivity index (χ4n) is 3.04. The number of rotatable bonds is 6. The largest absolute Gasteiger partial charge is 0.455 e. The molecule has 0 aromatic heterocycles. The number of hydrogen-bond acceptors (Lipinski definition) is 6. The van der Waals surface area contributed by atoms with Crippen molar-refractivity contribution in [1.29, 1.82) is 0 Å². The van der Waals surface area contributed by atoms with Crippen molar-refractivity contribution in [3.05, 3.63) is 29.8 Å². The van der Waals surface area contributed by atoms with Crippen molar-refractivity contribution in [3.63, 3.8) is 0 Å². The lowest BCUT2D eigenvalue weighted by Gasteiger charge is -2.32. The fourth-order valence-corrected chi connectivity index (χ4v) is 3.04. The fraction of sp³-hybridized carbons (Fsp3) is 0.591. The van der Waals surface area contributed by atoms with E-state index in [1.165, 1.54) is 0 Å². The normalized spacial score (nSPS) is 14.8. The van der Waals surface area contributed by atoms with Crippen molar-refractivity contribution < 1.29 is 23.9 Å². The number of carbonyl (C=O) groups excluding carboxylic acids is 3. The second-order valence-corrected chi connectivity index (χ2v) is 8.69. The van der Waals surface area contributed by atoms with Gasteiger partial charge in [-0.3, -0.25) is 9.59 Å². The number of anilines is 1. The Morgan fingerprint density at radius 3 is 2.23 bits per heavy atom. The first-order valence-corrected chi connectivity index (χ1v) is 10.2. The molecule has 8 heteroatoms. The van der Waals surface area contributed by atoms with Crippen molar-refractivity contribution in [2.75, 3.05) is 38.7 Å². The van der Waals surface area contributed by atoms with Crippen LogP contribution in [-0.2, 0) is 25.6 Å². The molecule has 1 heterocycles. The molecule has 30 heavy (non-hydrogen) atoms. The summed E-state index contributed by atoms with van der Waals surface area (Å²) in [5.74, 6) is -1.05. The number of ether oxygens (including phenoxy) is 2. The summed E-state index contributed by atoms with van der Waals surface area (Å²) in [5, 5.41) is 2.75. The summed E-state index contributed by atoms with van der Waals surface area (Å²) in [6.45, 7) is 6.39. The molecule has 8 nitrogen and oxygen atoms in total. The average molecular weight is 420 g/mol. The highest BCUT2D eigenvalue weighted by molar-refractivity contribution is 5.81. The number of piperidine rings is 1. The van der Waals surface area contributed by atoms with E-state index in [0.717, 1.165) is 11.3 Å². The molecule has 0 unspecified atom stereocenters. The van der Waals surface area contributed by atoms with Gasteiger partial charge in [-0.05, 0) is 51.3 Å². The van der Waals surface area contributed by atoms with Gasteiger partial charge in [0.1, 0.15) is 5.60 Å². The van der Waals surface area contributed by atoms with E-state index in [1.54, 1.807) is 4.90 Å². The molecule has 1 aliphatic rings. The highest BCUT2D eigenvalue weighted by Gasteiger charge is 2.30. The maximum atomic E-state index is 12.2. The van der Waals surface area contributed by atoms with Crippen molar-refractivity contribution in [3.8, 4) is 0 Å². The molecule has 1 saturated heterocycles. The maximum Gasteiger partial charge on any atom is 0.410 e. The summed E-state index contributed by atoms with van der Waals surface area (Å²) in [6.07, 6.45) is 0.628. The number of esters is 1. The van der Waals surface area contributed by atoms with Crippen LogP contribution in [0.1, 0.15) is 39.2 Å². The van der Waals surface area contributed by atoms with Gasteiger partial charge in [-0.1, -0.05) is 12.1 Å². The van der Waals surface area contributed by atoms with E-state index >= 15 is 0 Å². The quantitative estimate of drug-likeness (QED) is 0.713. The van der Waals surface area contributed by atoms with E-state index in [-0.39, 0.29) is 24.5 Å². The first kappa shape index (κ1) is 23.5. The summed E-state index contributed by atoms with van der Waals surface area (Å²) in [5.41, 5.74) is 1.50. The Balaban J connectivity index is 1.68. The van der Waals surface area contributed by atoms with Gasteiger partial charge in [0.25, 0.3) is 5.91 Å². The minimum absolute atomic E-state index is 0.305. The molecule has 1 aromatic rings. The zero-order valence-electron chi connectivity index (χ0n) is 18.6. The third kappa shape index (κ3) is 7.57. The van der Waals surface area contributed by atoms with Crippen LogP contribution in [0.5, 0.6) is 0 Å². The Morgan fingerprint density at radius 2 is 1.70 bits per heavy atom. The van der Waals surface area contributed by atoms with Gasteiger partial charge in [-0.25, -0.2) is 4.79 Å². The molecule has 1 aromatic carbocycles. The molecule has 166 valence electrons. The molecular weight excluding hydrogens is 386 g/mol. The number of likely N-dealkylation sites (tertiary alicyclic amines) is 1. The van der Waals surface area contributed by atoms with Crippen LogP contribution in [0.4, 0.5) is 10.5 Å². The SMILES string of the molecule is CN(C)c1ccc(CNC(=O)COC(=O)C2CCN(C(=O)OC(C)(C)C)CC2)cc1. The van der Waals surface area contributed by atoms with Crippen molar-refractivity contribution in [2.24, 2.45) is 5.92 Å². The smallest absolute Gasteiger partial charge is 0.410 e. The summed E-state index contributed by atoms with van der Waals surface area (Å²) in [7, 11) is 3.93. The third-order valence-corrected chi connectivity index (χ3v) is 4.77. The van der Waals surface area contributed by atoms with Crippen molar-refractivity contribution in [1.82, 2.24) is 10.2 Å². The van der Waals surface area contributed by atoms with Crippen LogP contribution in [0.15, 0.2) is 24.3 Å². The van der Waals surface area contributed by atoms with E-state index in [4.69, 9.17) is 9.47 Å². The van der Waals surface area contributed by atoms with Gasteiger partial charge < -0.3 is 24.6 Å². The topological polar surface area (TPSA) is 88.2 Å². The number of nitrogens with one attached hydrogen (secondary N) is 1. The Labute approximate surface area is 178 Å². The molecule has 0 saturated carbocycles. The van der Waals surface area contributed by atoms with Crippen LogP contribution in [0.2, 0.25) is 0 Å². The third-order valence-electron chi connectivity index (χ3n) is 4.77. The number of benzene rings is 1. The first-order chi connectivity index (χ1) is 14.0. The lowest BCUT2D eigenvalue weighted by Crippen LogP contribution is -2.43. The van der Waals surface area contributed by atoms with Gasteiger partial charge >= 0.3 is 12.1 Å². The first-order valence-electron chi connectivity index (χ1n) is 10.2. The molecule has 0 spiro atoms. The van der Waals surface area contributed by atoms with Gasteiger partial charge in [0.2, 0.25) is 0 Å². The Hall–Kier alpha value is -2.77. The summed E-state index contributed by atoms with van der Waals surface area (Å²) >= 11 is 0. The van der Waals surface area contributed by atoms with Gasteiger partial charge in [0.15, 0.2) is 6.61 Å². The average Bonchev–Trinajstić information content (AvgIpc) is 2.69. The van der Waals surface area contributed by atoms with E-state index in [9.17, 15) is 14.4 Å². The highest BCUT2D eigenvalue weighted by atomic mass is 16.6. The van der Waals surface area contributed by atoms with Crippen LogP contribution in [0.3, 0.4) is 0 Å². The van der Waals surface area contributed by atoms with E-state index in [1.807, 2.05) is 64.0 Å². The number of hydrogen-bond donors (Lipinski definition) is 1. The number of nitrogens with zero attached hydrogens (tertiary/aromatic N) is 2. The predicted molar refractivity (Wildman–Crippen MR) is 114 cm³/mol.